The SMILES string of the molecule is COc1ccc(Br)c(CNCCC2=CCCCC2)c1OCc1ccc(F)cc1. The highest BCUT2D eigenvalue weighted by Crippen LogP contribution is 2.36. The van der Waals surface area contributed by atoms with E-state index in [2.05, 4.69) is 27.3 Å². The number of halogens is 2. The summed E-state index contributed by atoms with van der Waals surface area (Å²) >= 11 is 3.64. The van der Waals surface area contributed by atoms with E-state index in [4.69, 9.17) is 9.47 Å². The summed E-state index contributed by atoms with van der Waals surface area (Å²) in [5.74, 6) is 1.16. The van der Waals surface area contributed by atoms with Crippen molar-refractivity contribution in [1.29, 1.82) is 0 Å². The van der Waals surface area contributed by atoms with Crippen LogP contribution >= 0.6 is 15.9 Å². The van der Waals surface area contributed by atoms with Gasteiger partial charge in [-0.05, 0) is 68.5 Å². The van der Waals surface area contributed by atoms with Crippen LogP contribution < -0.4 is 14.8 Å². The average molecular weight is 448 g/mol. The van der Waals surface area contributed by atoms with E-state index in [-0.39, 0.29) is 5.82 Å². The molecule has 0 aliphatic heterocycles. The van der Waals surface area contributed by atoms with Gasteiger partial charge >= 0.3 is 0 Å². The van der Waals surface area contributed by atoms with Crippen LogP contribution in [0.4, 0.5) is 4.39 Å². The summed E-state index contributed by atoms with van der Waals surface area (Å²) in [7, 11) is 1.64. The van der Waals surface area contributed by atoms with Gasteiger partial charge in [0.2, 0.25) is 0 Å². The molecule has 0 fully saturated rings. The first-order chi connectivity index (χ1) is 13.7. The lowest BCUT2D eigenvalue weighted by Crippen LogP contribution is -2.17. The van der Waals surface area contributed by atoms with E-state index in [0.717, 1.165) is 28.6 Å². The van der Waals surface area contributed by atoms with Crippen molar-refractivity contribution in [2.45, 2.75) is 45.3 Å². The molecule has 0 amide bonds. The van der Waals surface area contributed by atoms with E-state index in [1.807, 2.05) is 12.1 Å². The molecule has 0 heterocycles. The largest absolute Gasteiger partial charge is 0.493 e. The summed E-state index contributed by atoms with van der Waals surface area (Å²) < 4.78 is 25.7. The zero-order chi connectivity index (χ0) is 19.8. The second-order valence-corrected chi connectivity index (χ2v) is 7.86. The van der Waals surface area contributed by atoms with E-state index in [0.29, 0.717) is 24.7 Å². The van der Waals surface area contributed by atoms with E-state index in [1.165, 1.54) is 37.8 Å². The summed E-state index contributed by atoms with van der Waals surface area (Å²) in [6.07, 6.45) is 8.57. The van der Waals surface area contributed by atoms with Crippen molar-refractivity contribution >= 4 is 15.9 Å². The van der Waals surface area contributed by atoms with Gasteiger partial charge in [0.05, 0.1) is 7.11 Å². The van der Waals surface area contributed by atoms with Crippen LogP contribution in [0.25, 0.3) is 0 Å². The van der Waals surface area contributed by atoms with Crippen LogP contribution in [0.2, 0.25) is 0 Å². The lowest BCUT2D eigenvalue weighted by molar-refractivity contribution is 0.280. The molecule has 28 heavy (non-hydrogen) atoms. The Morgan fingerprint density at radius 3 is 2.64 bits per heavy atom. The molecule has 0 aromatic heterocycles. The maximum Gasteiger partial charge on any atom is 0.167 e. The smallest absolute Gasteiger partial charge is 0.167 e. The number of hydrogen-bond acceptors (Lipinski definition) is 3. The quantitative estimate of drug-likeness (QED) is 0.368. The molecule has 0 saturated heterocycles. The molecule has 1 aliphatic carbocycles. The molecule has 0 unspecified atom stereocenters. The summed E-state index contributed by atoms with van der Waals surface area (Å²) in [5, 5.41) is 3.53. The minimum absolute atomic E-state index is 0.248. The normalized spacial score (nSPS) is 13.9. The zero-order valence-electron chi connectivity index (χ0n) is 16.3. The Hall–Kier alpha value is -1.85. The van der Waals surface area contributed by atoms with Gasteiger partial charge in [-0.2, -0.15) is 0 Å². The van der Waals surface area contributed by atoms with E-state index in [9.17, 15) is 4.39 Å². The van der Waals surface area contributed by atoms with Gasteiger partial charge in [0.15, 0.2) is 11.5 Å². The third-order valence-electron chi connectivity index (χ3n) is 4.99. The predicted molar refractivity (Wildman–Crippen MR) is 114 cm³/mol. The molecular weight excluding hydrogens is 421 g/mol. The molecular formula is C23H27BrFNO2. The first-order valence-corrected chi connectivity index (χ1v) is 10.6. The van der Waals surface area contributed by atoms with Gasteiger partial charge in [0.1, 0.15) is 12.4 Å². The minimum atomic E-state index is -0.248. The Bertz CT molecular complexity index is 805. The third kappa shape index (κ3) is 5.82. The monoisotopic (exact) mass is 447 g/mol. The van der Waals surface area contributed by atoms with Crippen LogP contribution in [0.15, 0.2) is 52.5 Å². The van der Waals surface area contributed by atoms with Gasteiger partial charge < -0.3 is 14.8 Å². The third-order valence-corrected chi connectivity index (χ3v) is 5.74. The lowest BCUT2D eigenvalue weighted by Gasteiger charge is -2.18. The maximum absolute atomic E-state index is 13.1. The molecule has 2 aromatic carbocycles. The van der Waals surface area contributed by atoms with Crippen LogP contribution in [-0.2, 0) is 13.2 Å². The van der Waals surface area contributed by atoms with Crippen LogP contribution in [-0.4, -0.2) is 13.7 Å². The van der Waals surface area contributed by atoms with Gasteiger partial charge in [-0.1, -0.05) is 39.7 Å². The number of rotatable bonds is 9. The van der Waals surface area contributed by atoms with Crippen molar-refractivity contribution in [1.82, 2.24) is 5.32 Å². The lowest BCUT2D eigenvalue weighted by atomic mass is 9.97. The van der Waals surface area contributed by atoms with E-state index >= 15 is 0 Å². The second-order valence-electron chi connectivity index (χ2n) is 7.01. The fourth-order valence-electron chi connectivity index (χ4n) is 3.40. The maximum atomic E-state index is 13.1. The Labute approximate surface area is 175 Å². The predicted octanol–water partition coefficient (Wildman–Crippen LogP) is 6.16. The standard InChI is InChI=1S/C23H27BrFNO2/c1-27-22-12-11-21(24)20(15-26-14-13-17-5-3-2-4-6-17)23(22)28-16-18-7-9-19(25)10-8-18/h5,7-12,26H,2-4,6,13-16H2,1H3. The van der Waals surface area contributed by atoms with Gasteiger partial charge in [0, 0.05) is 16.6 Å². The van der Waals surface area contributed by atoms with Gasteiger partial charge in [-0.3, -0.25) is 0 Å². The van der Waals surface area contributed by atoms with E-state index in [1.54, 1.807) is 24.8 Å². The highest BCUT2D eigenvalue weighted by atomic mass is 79.9. The molecule has 1 aliphatic rings. The Kier molecular flexibility index (Phi) is 7.92. The van der Waals surface area contributed by atoms with Crippen molar-refractivity contribution in [2.24, 2.45) is 0 Å². The van der Waals surface area contributed by atoms with Crippen LogP contribution in [0, 0.1) is 5.82 Å². The minimum Gasteiger partial charge on any atom is -0.493 e. The molecule has 0 bridgehead atoms. The summed E-state index contributed by atoms with van der Waals surface area (Å²) in [5.41, 5.74) is 3.50. The molecule has 3 rings (SSSR count). The van der Waals surface area contributed by atoms with Crippen LogP contribution in [0.3, 0.4) is 0 Å². The number of methoxy groups -OCH3 is 1. The molecule has 1 N–H and O–H groups in total. The first kappa shape index (κ1) is 20.9. The van der Waals surface area contributed by atoms with Crippen LogP contribution in [0.1, 0.15) is 43.2 Å². The number of benzene rings is 2. The number of nitrogens with one attached hydrogen (secondary N) is 1. The van der Waals surface area contributed by atoms with Gasteiger partial charge in [0.25, 0.3) is 0 Å². The van der Waals surface area contributed by atoms with Crippen molar-refractivity contribution in [2.75, 3.05) is 13.7 Å². The number of hydrogen-bond donors (Lipinski definition) is 1. The Balaban J connectivity index is 1.64. The van der Waals surface area contributed by atoms with E-state index < -0.39 is 0 Å². The number of ether oxygens (including phenoxy) is 2. The highest BCUT2D eigenvalue weighted by Gasteiger charge is 2.15. The second kappa shape index (κ2) is 10.6. The van der Waals surface area contributed by atoms with Crippen molar-refractivity contribution in [3.63, 3.8) is 0 Å². The van der Waals surface area contributed by atoms with Crippen molar-refractivity contribution in [3.05, 3.63) is 69.5 Å². The fourth-order valence-corrected chi connectivity index (χ4v) is 3.85. The molecule has 0 spiro atoms. The zero-order valence-corrected chi connectivity index (χ0v) is 17.9. The topological polar surface area (TPSA) is 30.5 Å². The van der Waals surface area contributed by atoms with Gasteiger partial charge in [-0.25, -0.2) is 4.39 Å². The molecule has 150 valence electrons. The Morgan fingerprint density at radius 1 is 1.11 bits per heavy atom. The summed E-state index contributed by atoms with van der Waals surface area (Å²) in [6, 6.07) is 10.2. The molecule has 0 saturated carbocycles. The summed E-state index contributed by atoms with van der Waals surface area (Å²) in [4.78, 5) is 0. The van der Waals surface area contributed by atoms with Gasteiger partial charge in [-0.15, -0.1) is 0 Å². The van der Waals surface area contributed by atoms with Crippen LogP contribution in [0.5, 0.6) is 11.5 Å². The average Bonchev–Trinajstić information content (AvgIpc) is 2.73. The summed E-state index contributed by atoms with van der Waals surface area (Å²) in [6.45, 7) is 1.98. The van der Waals surface area contributed by atoms with Crippen molar-refractivity contribution < 1.29 is 13.9 Å². The molecule has 3 nitrogen and oxygen atoms in total. The molecule has 0 radical (unpaired) electrons. The Morgan fingerprint density at radius 2 is 1.93 bits per heavy atom. The number of allylic oxidation sites excluding steroid dienone is 1. The molecule has 0 atom stereocenters. The highest BCUT2D eigenvalue weighted by molar-refractivity contribution is 9.10. The molecule has 2 aromatic rings. The molecule has 5 heteroatoms. The van der Waals surface area contributed by atoms with Crippen molar-refractivity contribution in [3.8, 4) is 11.5 Å². The fraction of sp³-hybridized carbons (Fsp3) is 0.391. The first-order valence-electron chi connectivity index (χ1n) is 9.78.